The lowest BCUT2D eigenvalue weighted by molar-refractivity contribution is -0.384. The first-order valence-corrected chi connectivity index (χ1v) is 8.28. The fraction of sp³-hybridized carbons (Fsp3) is 0.500. The minimum atomic E-state index is -0.438. The first-order chi connectivity index (χ1) is 12.0. The Bertz CT molecular complexity index is 709. The molecule has 1 aromatic heterocycles. The van der Waals surface area contributed by atoms with E-state index in [1.807, 2.05) is 0 Å². The number of anilines is 1. The van der Waals surface area contributed by atoms with Crippen molar-refractivity contribution in [3.05, 3.63) is 34.4 Å². The second kappa shape index (κ2) is 7.58. The average molecular weight is 346 g/mol. The minimum absolute atomic E-state index is 0.0339. The van der Waals surface area contributed by atoms with E-state index >= 15 is 0 Å². The normalized spacial score (nSPS) is 17.4. The van der Waals surface area contributed by atoms with Gasteiger partial charge in [-0.25, -0.2) is 0 Å². The van der Waals surface area contributed by atoms with Crippen LogP contribution in [0.25, 0.3) is 11.4 Å². The van der Waals surface area contributed by atoms with Crippen LogP contribution in [0.15, 0.2) is 28.8 Å². The van der Waals surface area contributed by atoms with Gasteiger partial charge in [0.1, 0.15) is 0 Å². The van der Waals surface area contributed by atoms with Gasteiger partial charge in [-0.2, -0.15) is 4.98 Å². The molecule has 0 bridgehead atoms. The number of likely N-dealkylation sites (N-methyl/N-ethyl adjacent to an activating group) is 1. The molecule has 1 N–H and O–H groups in total. The van der Waals surface area contributed by atoms with Gasteiger partial charge in [0, 0.05) is 56.5 Å². The Morgan fingerprint density at radius 2 is 1.96 bits per heavy atom. The van der Waals surface area contributed by atoms with Gasteiger partial charge in [0.2, 0.25) is 5.82 Å². The molecule has 0 aliphatic carbocycles. The molecule has 2 heterocycles. The Morgan fingerprint density at radius 3 is 2.60 bits per heavy atom. The van der Waals surface area contributed by atoms with Gasteiger partial charge in [-0.05, 0) is 26.1 Å². The Kier molecular flexibility index (Phi) is 5.25. The average Bonchev–Trinajstić information content (AvgIpc) is 3.09. The van der Waals surface area contributed by atoms with Gasteiger partial charge >= 0.3 is 6.01 Å². The number of rotatable bonds is 6. The van der Waals surface area contributed by atoms with Gasteiger partial charge in [-0.3, -0.25) is 15.0 Å². The molecule has 25 heavy (non-hydrogen) atoms. The van der Waals surface area contributed by atoms with Gasteiger partial charge in [-0.15, -0.1) is 0 Å². The van der Waals surface area contributed by atoms with Gasteiger partial charge in [-0.1, -0.05) is 5.16 Å². The van der Waals surface area contributed by atoms with Crippen LogP contribution in [0, 0.1) is 10.1 Å². The lowest BCUT2D eigenvalue weighted by Crippen LogP contribution is -2.49. The topological polar surface area (TPSA) is 101 Å². The molecular formula is C16H22N6O3. The third-order valence-electron chi connectivity index (χ3n) is 4.47. The third kappa shape index (κ3) is 4.31. The van der Waals surface area contributed by atoms with E-state index in [1.165, 1.54) is 12.1 Å². The molecule has 134 valence electrons. The summed E-state index contributed by atoms with van der Waals surface area (Å²) in [6.07, 6.45) is 0. The van der Waals surface area contributed by atoms with E-state index in [9.17, 15) is 10.1 Å². The zero-order valence-corrected chi connectivity index (χ0v) is 14.4. The maximum absolute atomic E-state index is 10.7. The molecule has 1 aliphatic heterocycles. The van der Waals surface area contributed by atoms with Gasteiger partial charge in [0.05, 0.1) is 4.92 Å². The number of non-ortho nitro benzene ring substituents is 1. The molecule has 0 spiro atoms. The number of nitro groups is 1. The zero-order chi connectivity index (χ0) is 17.8. The van der Waals surface area contributed by atoms with E-state index in [0.29, 0.717) is 30.0 Å². The molecule has 1 saturated heterocycles. The number of nitrogens with one attached hydrogen (secondary N) is 1. The lowest BCUT2D eigenvalue weighted by Gasteiger charge is -2.36. The molecule has 9 heteroatoms. The molecular weight excluding hydrogens is 324 g/mol. The summed E-state index contributed by atoms with van der Waals surface area (Å²) in [5.41, 5.74) is 0.709. The maximum Gasteiger partial charge on any atom is 0.321 e. The molecule has 2 aromatic rings. The highest BCUT2D eigenvalue weighted by Gasteiger charge is 2.19. The number of hydrogen-bond donors (Lipinski definition) is 1. The highest BCUT2D eigenvalue weighted by Crippen LogP contribution is 2.21. The Labute approximate surface area is 145 Å². The predicted molar refractivity (Wildman–Crippen MR) is 93.4 cm³/mol. The van der Waals surface area contributed by atoms with Gasteiger partial charge < -0.3 is 14.7 Å². The molecule has 1 atom stereocenters. The van der Waals surface area contributed by atoms with Crippen molar-refractivity contribution >= 4 is 11.7 Å². The number of benzene rings is 1. The van der Waals surface area contributed by atoms with Crippen molar-refractivity contribution in [2.45, 2.75) is 13.0 Å². The van der Waals surface area contributed by atoms with E-state index in [0.717, 1.165) is 26.2 Å². The van der Waals surface area contributed by atoms with E-state index < -0.39 is 4.92 Å². The van der Waals surface area contributed by atoms with E-state index in [4.69, 9.17) is 4.52 Å². The summed E-state index contributed by atoms with van der Waals surface area (Å²) in [6, 6.07) is 6.79. The van der Waals surface area contributed by atoms with Crippen molar-refractivity contribution in [3.63, 3.8) is 0 Å². The summed E-state index contributed by atoms with van der Waals surface area (Å²) >= 11 is 0. The van der Waals surface area contributed by atoms with Crippen LogP contribution < -0.4 is 5.32 Å². The number of hydrogen-bond acceptors (Lipinski definition) is 8. The zero-order valence-electron chi connectivity index (χ0n) is 14.4. The summed E-state index contributed by atoms with van der Waals surface area (Å²) in [4.78, 5) is 19.3. The highest BCUT2D eigenvalue weighted by molar-refractivity contribution is 5.57. The van der Waals surface area contributed by atoms with Crippen LogP contribution in [-0.4, -0.2) is 70.7 Å². The molecule has 9 nitrogen and oxygen atoms in total. The summed E-state index contributed by atoms with van der Waals surface area (Å²) in [5.74, 6) is 0.407. The van der Waals surface area contributed by atoms with Crippen LogP contribution >= 0.6 is 0 Å². The Hall–Kier alpha value is -2.52. The summed E-state index contributed by atoms with van der Waals surface area (Å²) in [7, 11) is 2.14. The molecule has 1 fully saturated rings. The van der Waals surface area contributed by atoms with Crippen LogP contribution in [0.4, 0.5) is 11.7 Å². The molecule has 3 rings (SSSR count). The summed E-state index contributed by atoms with van der Waals surface area (Å²) < 4.78 is 5.22. The van der Waals surface area contributed by atoms with Crippen molar-refractivity contribution in [1.29, 1.82) is 0 Å². The molecule has 0 radical (unpaired) electrons. The van der Waals surface area contributed by atoms with Crippen LogP contribution in [0.5, 0.6) is 0 Å². The highest BCUT2D eigenvalue weighted by atomic mass is 16.6. The quantitative estimate of drug-likeness (QED) is 0.623. The fourth-order valence-corrected chi connectivity index (χ4v) is 2.77. The number of aromatic nitrogens is 2. The summed E-state index contributed by atoms with van der Waals surface area (Å²) in [6.45, 7) is 7.15. The first kappa shape index (κ1) is 17.3. The second-order valence-electron chi connectivity index (χ2n) is 6.30. The minimum Gasteiger partial charge on any atom is -0.336 e. The number of nitrogens with zero attached hydrogens (tertiary/aromatic N) is 5. The number of nitro benzene ring substituents is 1. The maximum atomic E-state index is 10.7. The van der Waals surface area contributed by atoms with E-state index in [1.54, 1.807) is 12.1 Å². The van der Waals surface area contributed by atoms with Crippen molar-refractivity contribution < 1.29 is 9.45 Å². The van der Waals surface area contributed by atoms with Crippen molar-refractivity contribution in [2.75, 3.05) is 45.1 Å². The molecule has 0 amide bonds. The fourth-order valence-electron chi connectivity index (χ4n) is 2.77. The molecule has 1 aliphatic rings. The van der Waals surface area contributed by atoms with Crippen LogP contribution in [-0.2, 0) is 0 Å². The molecule has 0 saturated carbocycles. The summed E-state index contributed by atoms with van der Waals surface area (Å²) in [5, 5.41) is 17.8. The van der Waals surface area contributed by atoms with Gasteiger partial charge in [0.15, 0.2) is 0 Å². The van der Waals surface area contributed by atoms with Crippen LogP contribution in [0.3, 0.4) is 0 Å². The standard InChI is InChI=1S/C16H22N6O3/c1-12(21-9-7-20(2)8-10-21)11-17-16-18-15(19-25-16)13-3-5-14(6-4-13)22(23)24/h3-6,12H,7-11H2,1-2H3,(H,17,18,19)/t12-/m1/s1. The first-order valence-electron chi connectivity index (χ1n) is 8.28. The Balaban J connectivity index is 1.55. The van der Waals surface area contributed by atoms with Crippen molar-refractivity contribution in [1.82, 2.24) is 19.9 Å². The smallest absolute Gasteiger partial charge is 0.321 e. The third-order valence-corrected chi connectivity index (χ3v) is 4.47. The van der Waals surface area contributed by atoms with Crippen LogP contribution in [0.2, 0.25) is 0 Å². The van der Waals surface area contributed by atoms with Crippen molar-refractivity contribution in [3.8, 4) is 11.4 Å². The van der Waals surface area contributed by atoms with E-state index in [2.05, 4.69) is 39.2 Å². The Morgan fingerprint density at radius 1 is 1.28 bits per heavy atom. The van der Waals surface area contributed by atoms with Crippen molar-refractivity contribution in [2.24, 2.45) is 0 Å². The molecule has 1 aromatic carbocycles. The lowest BCUT2D eigenvalue weighted by atomic mass is 10.2. The number of piperazine rings is 1. The predicted octanol–water partition coefficient (Wildman–Crippen LogP) is 1.69. The second-order valence-corrected chi connectivity index (χ2v) is 6.30. The van der Waals surface area contributed by atoms with Crippen LogP contribution in [0.1, 0.15) is 6.92 Å². The monoisotopic (exact) mass is 346 g/mol. The SMILES string of the molecule is C[C@H](CNc1nc(-c2ccc([N+](=O)[O-])cc2)no1)N1CCN(C)CC1. The largest absolute Gasteiger partial charge is 0.336 e. The van der Waals surface area contributed by atoms with Gasteiger partial charge in [0.25, 0.3) is 5.69 Å². The molecule has 0 unspecified atom stereocenters. The van der Waals surface area contributed by atoms with E-state index in [-0.39, 0.29) is 5.69 Å².